The van der Waals surface area contributed by atoms with Crippen molar-refractivity contribution in [2.75, 3.05) is 0 Å². The van der Waals surface area contributed by atoms with Gasteiger partial charge in [0.1, 0.15) is 0 Å². The van der Waals surface area contributed by atoms with Gasteiger partial charge in [0.05, 0.1) is 24.0 Å². The molecule has 1 atom stereocenters. The molecule has 2 aromatic carbocycles. The van der Waals surface area contributed by atoms with Gasteiger partial charge in [0.25, 0.3) is 0 Å². The molecule has 0 heterocycles. The van der Waals surface area contributed by atoms with Crippen molar-refractivity contribution in [1.82, 2.24) is 0 Å². The second-order valence-electron chi connectivity index (χ2n) is 4.87. The Morgan fingerprint density at radius 2 is 1.82 bits per heavy atom. The first kappa shape index (κ1) is 15.3. The number of hydrogen-bond donors (Lipinski definition) is 2. The third-order valence-corrected chi connectivity index (χ3v) is 3.36. The van der Waals surface area contributed by atoms with Gasteiger partial charge < -0.3 is 10.8 Å². The number of nitrogens with zero attached hydrogens (tertiary/aromatic N) is 1. The smallest absolute Gasteiger partial charge is 0.304 e. The van der Waals surface area contributed by atoms with Gasteiger partial charge in [0.15, 0.2) is 0 Å². The predicted molar refractivity (Wildman–Crippen MR) is 80.8 cm³/mol. The lowest BCUT2D eigenvalue weighted by Crippen LogP contribution is -2.23. The molecule has 0 fully saturated rings. The Morgan fingerprint density at radius 1 is 1.14 bits per heavy atom. The Balaban J connectivity index is 2.31. The first-order valence-corrected chi connectivity index (χ1v) is 6.63. The zero-order valence-corrected chi connectivity index (χ0v) is 11.7. The largest absolute Gasteiger partial charge is 0.481 e. The lowest BCUT2D eigenvalue weighted by molar-refractivity contribution is -0.139. The highest BCUT2D eigenvalue weighted by molar-refractivity contribution is 5.86. The molecule has 0 aliphatic rings. The van der Waals surface area contributed by atoms with Crippen molar-refractivity contribution in [3.63, 3.8) is 0 Å². The highest BCUT2D eigenvalue weighted by atomic mass is 16.4. The molecule has 2 aromatic rings. The Hall–Kier alpha value is -3.13. The molecular formula is C17H14N2O3. The van der Waals surface area contributed by atoms with Gasteiger partial charge in [-0.05, 0) is 28.8 Å². The molecule has 0 saturated carbocycles. The van der Waals surface area contributed by atoms with Gasteiger partial charge in [-0.25, -0.2) is 0 Å². The Morgan fingerprint density at radius 3 is 2.36 bits per heavy atom. The minimum Gasteiger partial charge on any atom is -0.481 e. The van der Waals surface area contributed by atoms with Crippen LogP contribution in [0.5, 0.6) is 0 Å². The standard InChI is InChI=1S/C17H14N2O3/c18-10-11-2-1-3-14(8-11)12-4-6-13(7-5-12)15(17(19)22)9-16(20)21/h1-8,15H,9H2,(H2,19,22)(H,20,21). The molecule has 0 aliphatic carbocycles. The minimum absolute atomic E-state index is 0.335. The normalized spacial score (nSPS) is 11.4. The number of aliphatic carboxylic acids is 1. The minimum atomic E-state index is -1.07. The van der Waals surface area contributed by atoms with Crippen LogP contribution in [0.2, 0.25) is 0 Å². The van der Waals surface area contributed by atoms with E-state index in [9.17, 15) is 9.59 Å². The average Bonchev–Trinajstić information content (AvgIpc) is 2.52. The number of hydrogen-bond acceptors (Lipinski definition) is 3. The summed E-state index contributed by atoms with van der Waals surface area (Å²) in [4.78, 5) is 22.2. The summed E-state index contributed by atoms with van der Waals surface area (Å²) in [5.41, 5.74) is 8.14. The van der Waals surface area contributed by atoms with Crippen LogP contribution in [0.1, 0.15) is 23.5 Å². The molecule has 0 saturated heterocycles. The van der Waals surface area contributed by atoms with Crippen LogP contribution in [0.25, 0.3) is 11.1 Å². The number of primary amides is 1. The molecule has 22 heavy (non-hydrogen) atoms. The third kappa shape index (κ3) is 3.49. The molecule has 0 bridgehead atoms. The van der Waals surface area contributed by atoms with Crippen molar-refractivity contribution in [3.8, 4) is 17.2 Å². The second-order valence-corrected chi connectivity index (χ2v) is 4.87. The zero-order valence-electron chi connectivity index (χ0n) is 11.7. The molecule has 0 spiro atoms. The Labute approximate surface area is 127 Å². The summed E-state index contributed by atoms with van der Waals surface area (Å²) in [6, 6.07) is 16.2. The maximum Gasteiger partial charge on any atom is 0.304 e. The molecule has 5 heteroatoms. The van der Waals surface area contributed by atoms with Gasteiger partial charge in [-0.2, -0.15) is 5.26 Å². The Bertz CT molecular complexity index is 745. The molecular weight excluding hydrogens is 280 g/mol. The fourth-order valence-corrected chi connectivity index (χ4v) is 2.23. The summed E-state index contributed by atoms with van der Waals surface area (Å²) in [5.74, 6) is -2.59. The van der Waals surface area contributed by atoms with Crippen molar-refractivity contribution >= 4 is 11.9 Å². The van der Waals surface area contributed by atoms with E-state index in [1.54, 1.807) is 42.5 Å². The summed E-state index contributed by atoms with van der Waals surface area (Å²) in [6.07, 6.45) is -0.335. The lowest BCUT2D eigenvalue weighted by atomic mass is 9.93. The van der Waals surface area contributed by atoms with E-state index in [0.29, 0.717) is 11.1 Å². The molecule has 0 aliphatic heterocycles. The van der Waals surface area contributed by atoms with Crippen LogP contribution < -0.4 is 5.73 Å². The van der Waals surface area contributed by atoms with Gasteiger partial charge in [0.2, 0.25) is 5.91 Å². The number of nitrogens with two attached hydrogens (primary N) is 1. The number of amides is 1. The summed E-state index contributed by atoms with van der Waals surface area (Å²) in [7, 11) is 0. The van der Waals surface area contributed by atoms with E-state index < -0.39 is 17.8 Å². The summed E-state index contributed by atoms with van der Waals surface area (Å²) in [5, 5.41) is 17.8. The maximum absolute atomic E-state index is 11.4. The number of nitriles is 1. The van der Waals surface area contributed by atoms with Gasteiger partial charge in [-0.15, -0.1) is 0 Å². The van der Waals surface area contributed by atoms with E-state index in [2.05, 4.69) is 6.07 Å². The highest BCUT2D eigenvalue weighted by Gasteiger charge is 2.21. The van der Waals surface area contributed by atoms with Gasteiger partial charge in [-0.3, -0.25) is 9.59 Å². The molecule has 0 aromatic heterocycles. The van der Waals surface area contributed by atoms with Crippen LogP contribution in [0.15, 0.2) is 48.5 Å². The van der Waals surface area contributed by atoms with E-state index in [0.717, 1.165) is 11.1 Å². The molecule has 2 rings (SSSR count). The maximum atomic E-state index is 11.4. The quantitative estimate of drug-likeness (QED) is 0.882. The number of carboxylic acid groups (broad SMARTS) is 1. The summed E-state index contributed by atoms with van der Waals surface area (Å²) in [6.45, 7) is 0. The van der Waals surface area contributed by atoms with E-state index in [4.69, 9.17) is 16.1 Å². The van der Waals surface area contributed by atoms with Gasteiger partial charge >= 0.3 is 5.97 Å². The van der Waals surface area contributed by atoms with Crippen molar-refractivity contribution in [3.05, 3.63) is 59.7 Å². The monoisotopic (exact) mass is 294 g/mol. The number of carbonyl (C=O) groups excluding carboxylic acids is 1. The van der Waals surface area contributed by atoms with E-state index in [1.165, 1.54) is 0 Å². The van der Waals surface area contributed by atoms with E-state index in [1.807, 2.05) is 6.07 Å². The van der Waals surface area contributed by atoms with E-state index >= 15 is 0 Å². The van der Waals surface area contributed by atoms with Crippen LogP contribution in [-0.2, 0) is 9.59 Å². The van der Waals surface area contributed by atoms with Crippen molar-refractivity contribution in [1.29, 1.82) is 5.26 Å². The summed E-state index contributed by atoms with van der Waals surface area (Å²) >= 11 is 0. The summed E-state index contributed by atoms with van der Waals surface area (Å²) < 4.78 is 0. The predicted octanol–water partition coefficient (Wildman–Crippen LogP) is 2.27. The molecule has 0 radical (unpaired) electrons. The average molecular weight is 294 g/mol. The van der Waals surface area contributed by atoms with Crippen LogP contribution in [-0.4, -0.2) is 17.0 Å². The van der Waals surface area contributed by atoms with Crippen molar-refractivity contribution < 1.29 is 14.7 Å². The number of carbonyl (C=O) groups is 2. The lowest BCUT2D eigenvalue weighted by Gasteiger charge is -2.12. The molecule has 1 amide bonds. The molecule has 3 N–H and O–H groups in total. The van der Waals surface area contributed by atoms with Crippen LogP contribution in [0.3, 0.4) is 0 Å². The fraction of sp³-hybridized carbons (Fsp3) is 0.118. The van der Waals surface area contributed by atoms with Crippen molar-refractivity contribution in [2.24, 2.45) is 5.73 Å². The SMILES string of the molecule is N#Cc1cccc(-c2ccc(C(CC(=O)O)C(N)=O)cc2)c1. The van der Waals surface area contributed by atoms with E-state index in [-0.39, 0.29) is 6.42 Å². The van der Waals surface area contributed by atoms with Crippen LogP contribution in [0.4, 0.5) is 0 Å². The van der Waals surface area contributed by atoms with Gasteiger partial charge in [-0.1, -0.05) is 36.4 Å². The number of rotatable bonds is 5. The zero-order chi connectivity index (χ0) is 16.1. The number of carboxylic acids is 1. The number of benzene rings is 2. The highest BCUT2D eigenvalue weighted by Crippen LogP contribution is 2.25. The third-order valence-electron chi connectivity index (χ3n) is 3.36. The fourth-order valence-electron chi connectivity index (χ4n) is 2.23. The van der Waals surface area contributed by atoms with Crippen LogP contribution >= 0.6 is 0 Å². The molecule has 5 nitrogen and oxygen atoms in total. The first-order chi connectivity index (χ1) is 10.5. The first-order valence-electron chi connectivity index (χ1n) is 6.63. The molecule has 1 unspecified atom stereocenters. The Kier molecular flexibility index (Phi) is 4.54. The van der Waals surface area contributed by atoms with Crippen molar-refractivity contribution in [2.45, 2.75) is 12.3 Å². The topological polar surface area (TPSA) is 104 Å². The van der Waals surface area contributed by atoms with Gasteiger partial charge in [0, 0.05) is 0 Å². The second kappa shape index (κ2) is 6.55. The molecule has 110 valence electrons. The van der Waals surface area contributed by atoms with Crippen LogP contribution in [0, 0.1) is 11.3 Å².